The first kappa shape index (κ1) is 12.2. The van der Waals surface area contributed by atoms with E-state index in [4.69, 9.17) is 0 Å². The molecule has 1 aromatic carbocycles. The lowest BCUT2D eigenvalue weighted by Crippen LogP contribution is -2.16. The molecular formula is C12H14N4O2. The summed E-state index contributed by atoms with van der Waals surface area (Å²) in [5.74, 6) is 0. The number of hydrogen-bond donors (Lipinski definition) is 0. The minimum Gasteiger partial charge on any atom is -0.379 e. The molecular weight excluding hydrogens is 232 g/mol. The highest BCUT2D eigenvalue weighted by atomic mass is 16.6. The molecule has 0 atom stereocenters. The number of allylic oxidation sites excluding steroid dienone is 1. The Bertz CT molecular complexity index is 493. The van der Waals surface area contributed by atoms with Gasteiger partial charge in [-0.25, -0.2) is 0 Å². The average molecular weight is 246 g/mol. The van der Waals surface area contributed by atoms with E-state index in [0.717, 1.165) is 25.1 Å². The molecule has 0 aromatic heterocycles. The van der Waals surface area contributed by atoms with Gasteiger partial charge in [0.05, 0.1) is 16.3 Å². The molecule has 0 bridgehead atoms. The number of hydrogen-bond acceptors (Lipinski definition) is 5. The second kappa shape index (κ2) is 5.39. The molecule has 18 heavy (non-hydrogen) atoms. The van der Waals surface area contributed by atoms with E-state index in [2.05, 4.69) is 15.1 Å². The minimum absolute atomic E-state index is 0.0607. The van der Waals surface area contributed by atoms with E-state index in [-0.39, 0.29) is 5.69 Å². The Morgan fingerprint density at radius 2 is 2.00 bits per heavy atom. The summed E-state index contributed by atoms with van der Waals surface area (Å²) in [6, 6.07) is 6.04. The van der Waals surface area contributed by atoms with E-state index in [0.29, 0.717) is 5.69 Å². The largest absolute Gasteiger partial charge is 0.379 e. The summed E-state index contributed by atoms with van der Waals surface area (Å²) in [5.41, 5.74) is 1.61. The highest BCUT2D eigenvalue weighted by molar-refractivity contribution is 5.43. The van der Waals surface area contributed by atoms with Crippen LogP contribution in [0, 0.1) is 10.1 Å². The van der Waals surface area contributed by atoms with Crippen molar-refractivity contribution < 1.29 is 4.92 Å². The molecule has 0 radical (unpaired) electrons. The fraction of sp³-hybridized carbons (Fsp3) is 0.333. The van der Waals surface area contributed by atoms with Crippen molar-refractivity contribution in [2.24, 2.45) is 10.2 Å². The van der Waals surface area contributed by atoms with E-state index in [1.165, 1.54) is 12.1 Å². The van der Waals surface area contributed by atoms with Crippen LogP contribution in [-0.4, -0.2) is 23.4 Å². The fourth-order valence-corrected chi connectivity index (χ4v) is 1.73. The third-order valence-corrected chi connectivity index (χ3v) is 2.67. The standard InChI is InChI=1S/C12H14N4O2/c1-15-8-2-3-11(9-15)14-13-10-4-6-12(7-5-10)16(17)18/h4-7,9H,2-3,8H2,1H3. The maximum absolute atomic E-state index is 10.5. The first-order chi connectivity index (χ1) is 8.65. The molecule has 2 rings (SSSR count). The van der Waals surface area contributed by atoms with E-state index < -0.39 is 4.92 Å². The molecule has 1 heterocycles. The monoisotopic (exact) mass is 246 g/mol. The van der Waals surface area contributed by atoms with Gasteiger partial charge in [-0.2, -0.15) is 10.2 Å². The van der Waals surface area contributed by atoms with Gasteiger partial charge in [0.2, 0.25) is 0 Å². The van der Waals surface area contributed by atoms with Gasteiger partial charge in [0.15, 0.2) is 0 Å². The quantitative estimate of drug-likeness (QED) is 0.467. The third-order valence-electron chi connectivity index (χ3n) is 2.67. The Morgan fingerprint density at radius 3 is 2.61 bits per heavy atom. The van der Waals surface area contributed by atoms with Gasteiger partial charge in [-0.3, -0.25) is 10.1 Å². The fourth-order valence-electron chi connectivity index (χ4n) is 1.73. The maximum Gasteiger partial charge on any atom is 0.269 e. The molecule has 0 amide bonds. The second-order valence-corrected chi connectivity index (χ2v) is 4.18. The zero-order valence-electron chi connectivity index (χ0n) is 10.1. The molecule has 0 spiro atoms. The molecule has 1 aromatic rings. The molecule has 0 saturated heterocycles. The van der Waals surface area contributed by atoms with Gasteiger partial charge < -0.3 is 4.90 Å². The predicted molar refractivity (Wildman–Crippen MR) is 67.6 cm³/mol. The highest BCUT2D eigenvalue weighted by Gasteiger charge is 2.06. The first-order valence-electron chi connectivity index (χ1n) is 5.72. The van der Waals surface area contributed by atoms with Gasteiger partial charge in [0.25, 0.3) is 5.69 Å². The number of rotatable bonds is 3. The van der Waals surface area contributed by atoms with E-state index in [9.17, 15) is 10.1 Å². The van der Waals surface area contributed by atoms with Crippen LogP contribution >= 0.6 is 0 Å². The molecule has 1 aliphatic rings. The molecule has 0 fully saturated rings. The third kappa shape index (κ3) is 3.13. The summed E-state index contributed by atoms with van der Waals surface area (Å²) in [6.45, 7) is 1.04. The summed E-state index contributed by atoms with van der Waals surface area (Å²) in [7, 11) is 2.00. The molecule has 6 heteroatoms. The lowest BCUT2D eigenvalue weighted by Gasteiger charge is -2.19. The molecule has 94 valence electrons. The summed E-state index contributed by atoms with van der Waals surface area (Å²) in [6.07, 6.45) is 3.96. The van der Waals surface area contributed by atoms with Crippen LogP contribution in [0.5, 0.6) is 0 Å². The summed E-state index contributed by atoms with van der Waals surface area (Å²) >= 11 is 0. The van der Waals surface area contributed by atoms with Crippen molar-refractivity contribution in [3.63, 3.8) is 0 Å². The van der Waals surface area contributed by atoms with Crippen molar-refractivity contribution in [1.29, 1.82) is 0 Å². The Balaban J connectivity index is 2.07. The number of nitrogens with zero attached hydrogens (tertiary/aromatic N) is 4. The zero-order chi connectivity index (χ0) is 13.0. The molecule has 0 aliphatic carbocycles. The van der Waals surface area contributed by atoms with E-state index >= 15 is 0 Å². The smallest absolute Gasteiger partial charge is 0.269 e. The van der Waals surface area contributed by atoms with Gasteiger partial charge in [-0.15, -0.1) is 0 Å². The van der Waals surface area contributed by atoms with Crippen LogP contribution < -0.4 is 0 Å². The molecule has 0 N–H and O–H groups in total. The van der Waals surface area contributed by atoms with E-state index in [1.807, 2.05) is 13.2 Å². The maximum atomic E-state index is 10.5. The lowest BCUT2D eigenvalue weighted by atomic mass is 10.2. The van der Waals surface area contributed by atoms with Crippen LogP contribution in [0.1, 0.15) is 12.8 Å². The number of nitro benzene ring substituents is 1. The summed E-state index contributed by atoms with van der Waals surface area (Å²) in [4.78, 5) is 12.1. The van der Waals surface area contributed by atoms with Crippen LogP contribution in [0.25, 0.3) is 0 Å². The van der Waals surface area contributed by atoms with Crippen molar-refractivity contribution in [2.75, 3.05) is 13.6 Å². The summed E-state index contributed by atoms with van der Waals surface area (Å²) in [5, 5.41) is 18.7. The van der Waals surface area contributed by atoms with Crippen LogP contribution in [0.4, 0.5) is 11.4 Å². The van der Waals surface area contributed by atoms with Gasteiger partial charge in [0.1, 0.15) is 0 Å². The van der Waals surface area contributed by atoms with Crippen molar-refractivity contribution in [2.45, 2.75) is 12.8 Å². The number of nitro groups is 1. The van der Waals surface area contributed by atoms with Crippen molar-refractivity contribution in [1.82, 2.24) is 4.90 Å². The molecule has 0 unspecified atom stereocenters. The molecule has 0 saturated carbocycles. The van der Waals surface area contributed by atoms with Crippen LogP contribution in [0.3, 0.4) is 0 Å². The lowest BCUT2D eigenvalue weighted by molar-refractivity contribution is -0.384. The Morgan fingerprint density at radius 1 is 1.28 bits per heavy atom. The minimum atomic E-state index is -0.431. The Hall–Kier alpha value is -2.24. The number of azo groups is 1. The average Bonchev–Trinajstić information content (AvgIpc) is 2.37. The number of benzene rings is 1. The van der Waals surface area contributed by atoms with Gasteiger partial charge >= 0.3 is 0 Å². The normalized spacial score (nSPS) is 15.8. The Labute approximate surface area is 105 Å². The number of non-ortho nitro benzene ring substituents is 1. The van der Waals surface area contributed by atoms with Crippen molar-refractivity contribution >= 4 is 11.4 Å². The molecule has 1 aliphatic heterocycles. The second-order valence-electron chi connectivity index (χ2n) is 4.18. The highest BCUT2D eigenvalue weighted by Crippen LogP contribution is 2.21. The van der Waals surface area contributed by atoms with Crippen LogP contribution in [0.2, 0.25) is 0 Å². The van der Waals surface area contributed by atoms with Gasteiger partial charge in [-0.1, -0.05) is 0 Å². The van der Waals surface area contributed by atoms with Crippen LogP contribution in [0.15, 0.2) is 46.4 Å². The topological polar surface area (TPSA) is 71.1 Å². The van der Waals surface area contributed by atoms with Crippen molar-refractivity contribution in [3.05, 3.63) is 46.3 Å². The Kier molecular flexibility index (Phi) is 3.66. The first-order valence-corrected chi connectivity index (χ1v) is 5.72. The molecule has 6 nitrogen and oxygen atoms in total. The van der Waals surface area contributed by atoms with E-state index in [1.54, 1.807) is 12.1 Å². The van der Waals surface area contributed by atoms with Gasteiger partial charge in [-0.05, 0) is 25.0 Å². The zero-order valence-corrected chi connectivity index (χ0v) is 10.1. The predicted octanol–water partition coefficient (Wildman–Crippen LogP) is 3.25. The SMILES string of the molecule is CN1C=C(N=Nc2ccc([N+](=O)[O-])cc2)CCC1. The van der Waals surface area contributed by atoms with Crippen LogP contribution in [-0.2, 0) is 0 Å². The summed E-state index contributed by atoms with van der Waals surface area (Å²) < 4.78 is 0. The van der Waals surface area contributed by atoms with Gasteiger partial charge in [0, 0.05) is 31.9 Å². The van der Waals surface area contributed by atoms with Crippen molar-refractivity contribution in [3.8, 4) is 0 Å².